The standard InChI is InChI=1S/C18H22/c1-18(2,15-17-11-7-4-8-12-17)14-13-16-9-5-3-6-10-16/h3-12H,13-15H2,1-2H3. The number of aryl methyl sites for hydroxylation is 1. The summed E-state index contributed by atoms with van der Waals surface area (Å²) < 4.78 is 0. The molecule has 0 aliphatic rings. The zero-order chi connectivity index (χ0) is 12.8. The Balaban J connectivity index is 1.91. The van der Waals surface area contributed by atoms with E-state index in [0.29, 0.717) is 5.41 Å². The van der Waals surface area contributed by atoms with Crippen LogP contribution in [0.15, 0.2) is 60.7 Å². The van der Waals surface area contributed by atoms with Gasteiger partial charge in [0, 0.05) is 0 Å². The molecule has 0 nitrogen and oxygen atoms in total. The molecule has 2 aromatic carbocycles. The highest BCUT2D eigenvalue weighted by Crippen LogP contribution is 2.27. The second kappa shape index (κ2) is 5.86. The molecule has 0 unspecified atom stereocenters. The third kappa shape index (κ3) is 4.03. The Morgan fingerprint density at radius 3 is 1.78 bits per heavy atom. The highest BCUT2D eigenvalue weighted by Gasteiger charge is 2.18. The number of hydrogen-bond donors (Lipinski definition) is 0. The van der Waals surface area contributed by atoms with Gasteiger partial charge in [0.25, 0.3) is 0 Å². The molecule has 0 heteroatoms. The Morgan fingerprint density at radius 2 is 1.22 bits per heavy atom. The summed E-state index contributed by atoms with van der Waals surface area (Å²) in [6.07, 6.45) is 3.55. The molecule has 0 N–H and O–H groups in total. The Bertz CT molecular complexity index is 454. The summed E-state index contributed by atoms with van der Waals surface area (Å²) >= 11 is 0. The van der Waals surface area contributed by atoms with E-state index in [-0.39, 0.29) is 0 Å². The summed E-state index contributed by atoms with van der Waals surface area (Å²) in [6.45, 7) is 4.73. The maximum Gasteiger partial charge on any atom is -0.0227 e. The van der Waals surface area contributed by atoms with Crippen LogP contribution >= 0.6 is 0 Å². The summed E-state index contributed by atoms with van der Waals surface area (Å²) in [5.41, 5.74) is 3.24. The molecule has 0 aliphatic carbocycles. The fraction of sp³-hybridized carbons (Fsp3) is 0.333. The van der Waals surface area contributed by atoms with Crippen LogP contribution in [0.3, 0.4) is 0 Å². The van der Waals surface area contributed by atoms with Crippen LogP contribution < -0.4 is 0 Å². The number of hydrogen-bond acceptors (Lipinski definition) is 0. The van der Waals surface area contributed by atoms with Crippen molar-refractivity contribution in [2.24, 2.45) is 5.41 Å². The maximum absolute atomic E-state index is 2.36. The number of benzene rings is 2. The maximum atomic E-state index is 2.36. The van der Waals surface area contributed by atoms with Gasteiger partial charge in [0.2, 0.25) is 0 Å². The minimum Gasteiger partial charge on any atom is -0.0622 e. The van der Waals surface area contributed by atoms with Crippen molar-refractivity contribution in [3.05, 3.63) is 71.8 Å². The van der Waals surface area contributed by atoms with E-state index in [0.717, 1.165) is 6.42 Å². The van der Waals surface area contributed by atoms with Gasteiger partial charge in [-0.25, -0.2) is 0 Å². The van der Waals surface area contributed by atoms with Crippen LogP contribution in [0.25, 0.3) is 0 Å². The van der Waals surface area contributed by atoms with Crippen molar-refractivity contribution in [3.63, 3.8) is 0 Å². The van der Waals surface area contributed by atoms with Crippen molar-refractivity contribution in [2.75, 3.05) is 0 Å². The van der Waals surface area contributed by atoms with Gasteiger partial charge in [0.1, 0.15) is 0 Å². The molecule has 0 radical (unpaired) electrons. The average molecular weight is 238 g/mol. The quantitative estimate of drug-likeness (QED) is 0.696. The topological polar surface area (TPSA) is 0 Å². The molecule has 94 valence electrons. The predicted molar refractivity (Wildman–Crippen MR) is 78.7 cm³/mol. The summed E-state index contributed by atoms with van der Waals surface area (Å²) in [5.74, 6) is 0. The lowest BCUT2D eigenvalue weighted by molar-refractivity contribution is 0.333. The SMILES string of the molecule is CC(C)(CCc1ccccc1)Cc1ccccc1. The summed E-state index contributed by atoms with van der Waals surface area (Å²) in [7, 11) is 0. The van der Waals surface area contributed by atoms with Crippen LogP contribution in [0.4, 0.5) is 0 Å². The van der Waals surface area contributed by atoms with Gasteiger partial charge in [-0.15, -0.1) is 0 Å². The molecule has 0 spiro atoms. The molecule has 2 rings (SSSR count). The van der Waals surface area contributed by atoms with Gasteiger partial charge in [-0.1, -0.05) is 74.5 Å². The van der Waals surface area contributed by atoms with Crippen LogP contribution in [-0.2, 0) is 12.8 Å². The smallest absolute Gasteiger partial charge is 0.0227 e. The van der Waals surface area contributed by atoms with Gasteiger partial charge in [-0.2, -0.15) is 0 Å². The highest BCUT2D eigenvalue weighted by molar-refractivity contribution is 5.17. The van der Waals surface area contributed by atoms with E-state index >= 15 is 0 Å². The van der Waals surface area contributed by atoms with Crippen LogP contribution in [0.1, 0.15) is 31.4 Å². The van der Waals surface area contributed by atoms with E-state index in [1.54, 1.807) is 0 Å². The van der Waals surface area contributed by atoms with Gasteiger partial charge >= 0.3 is 0 Å². The van der Waals surface area contributed by atoms with E-state index in [9.17, 15) is 0 Å². The van der Waals surface area contributed by atoms with Gasteiger partial charge in [-0.05, 0) is 35.8 Å². The fourth-order valence-electron chi connectivity index (χ4n) is 2.36. The lowest BCUT2D eigenvalue weighted by atomic mass is 9.81. The predicted octanol–water partition coefficient (Wildman–Crippen LogP) is 4.89. The molecule has 0 aliphatic heterocycles. The normalized spacial score (nSPS) is 11.4. The molecule has 0 amide bonds. The lowest BCUT2D eigenvalue weighted by Crippen LogP contribution is -2.16. The Morgan fingerprint density at radius 1 is 0.722 bits per heavy atom. The molecule has 0 aromatic heterocycles. The minimum atomic E-state index is 0.358. The summed E-state index contributed by atoms with van der Waals surface area (Å²) in [5, 5.41) is 0. The van der Waals surface area contributed by atoms with E-state index in [1.807, 2.05) is 0 Å². The van der Waals surface area contributed by atoms with Crippen LogP contribution in [0.5, 0.6) is 0 Å². The van der Waals surface area contributed by atoms with Gasteiger partial charge in [-0.3, -0.25) is 0 Å². The van der Waals surface area contributed by atoms with E-state index in [2.05, 4.69) is 74.5 Å². The minimum absolute atomic E-state index is 0.358. The fourth-order valence-corrected chi connectivity index (χ4v) is 2.36. The second-order valence-electron chi connectivity index (χ2n) is 5.81. The Kier molecular flexibility index (Phi) is 4.19. The van der Waals surface area contributed by atoms with Crippen molar-refractivity contribution < 1.29 is 0 Å². The largest absolute Gasteiger partial charge is 0.0622 e. The Labute approximate surface area is 111 Å². The van der Waals surface area contributed by atoms with E-state index in [4.69, 9.17) is 0 Å². The molecule has 18 heavy (non-hydrogen) atoms. The van der Waals surface area contributed by atoms with Gasteiger partial charge < -0.3 is 0 Å². The molecular weight excluding hydrogens is 216 g/mol. The molecule has 0 bridgehead atoms. The van der Waals surface area contributed by atoms with Crippen molar-refractivity contribution in [1.82, 2.24) is 0 Å². The first-order chi connectivity index (χ1) is 8.66. The molecule has 2 aromatic rings. The first kappa shape index (κ1) is 12.9. The molecule has 0 saturated carbocycles. The second-order valence-corrected chi connectivity index (χ2v) is 5.81. The zero-order valence-corrected chi connectivity index (χ0v) is 11.4. The lowest BCUT2D eigenvalue weighted by Gasteiger charge is -2.24. The molecular formula is C18H22. The van der Waals surface area contributed by atoms with Crippen LogP contribution in [-0.4, -0.2) is 0 Å². The first-order valence-corrected chi connectivity index (χ1v) is 6.74. The number of rotatable bonds is 5. The highest BCUT2D eigenvalue weighted by atomic mass is 14.2. The summed E-state index contributed by atoms with van der Waals surface area (Å²) in [6, 6.07) is 21.6. The summed E-state index contributed by atoms with van der Waals surface area (Å²) in [4.78, 5) is 0. The monoisotopic (exact) mass is 238 g/mol. The van der Waals surface area contributed by atoms with Gasteiger partial charge in [0.05, 0.1) is 0 Å². The molecule has 0 saturated heterocycles. The van der Waals surface area contributed by atoms with Gasteiger partial charge in [0.15, 0.2) is 0 Å². The van der Waals surface area contributed by atoms with Crippen molar-refractivity contribution in [3.8, 4) is 0 Å². The zero-order valence-electron chi connectivity index (χ0n) is 11.4. The Hall–Kier alpha value is -1.56. The van der Waals surface area contributed by atoms with Crippen LogP contribution in [0, 0.1) is 5.41 Å². The van der Waals surface area contributed by atoms with Crippen molar-refractivity contribution in [1.29, 1.82) is 0 Å². The third-order valence-corrected chi connectivity index (χ3v) is 3.46. The van der Waals surface area contributed by atoms with Crippen molar-refractivity contribution >= 4 is 0 Å². The molecule has 0 atom stereocenters. The van der Waals surface area contributed by atoms with E-state index in [1.165, 1.54) is 24.0 Å². The van der Waals surface area contributed by atoms with Crippen LogP contribution in [0.2, 0.25) is 0 Å². The average Bonchev–Trinajstić information content (AvgIpc) is 2.38. The van der Waals surface area contributed by atoms with E-state index < -0.39 is 0 Å². The third-order valence-electron chi connectivity index (χ3n) is 3.46. The molecule has 0 fully saturated rings. The molecule has 0 heterocycles. The first-order valence-electron chi connectivity index (χ1n) is 6.74. The van der Waals surface area contributed by atoms with Crippen molar-refractivity contribution in [2.45, 2.75) is 33.1 Å².